The summed E-state index contributed by atoms with van der Waals surface area (Å²) >= 11 is 7.83. The maximum atomic E-state index is 6.17. The molecule has 5 heteroatoms. The van der Waals surface area contributed by atoms with Crippen LogP contribution in [0, 0.1) is 6.92 Å². The lowest BCUT2D eigenvalue weighted by molar-refractivity contribution is 0.579. The highest BCUT2D eigenvalue weighted by Crippen LogP contribution is 2.28. The smallest absolute Gasteiger partial charge is 0.139 e. The minimum Gasteiger partial charge on any atom is -0.309 e. The van der Waals surface area contributed by atoms with Crippen LogP contribution in [0.4, 0.5) is 0 Å². The highest BCUT2D eigenvalue weighted by atomic mass is 35.5. The first kappa shape index (κ1) is 16.3. The van der Waals surface area contributed by atoms with Crippen molar-refractivity contribution in [1.29, 1.82) is 0 Å². The van der Waals surface area contributed by atoms with E-state index in [9.17, 15) is 0 Å². The van der Waals surface area contributed by atoms with E-state index in [1.165, 1.54) is 0 Å². The average molecular weight is 322 g/mol. The molecule has 1 aromatic heterocycles. The van der Waals surface area contributed by atoms with Crippen molar-refractivity contribution in [2.75, 3.05) is 0 Å². The molecular weight excluding hydrogens is 302 g/mol. The van der Waals surface area contributed by atoms with Gasteiger partial charge in [-0.15, -0.1) is 11.8 Å². The third-order valence-corrected chi connectivity index (χ3v) is 4.35. The summed E-state index contributed by atoms with van der Waals surface area (Å²) in [4.78, 5) is 10.2. The number of hydrogen-bond acceptors (Lipinski definition) is 4. The van der Waals surface area contributed by atoms with Crippen LogP contribution in [0.3, 0.4) is 0 Å². The Morgan fingerprint density at radius 1 is 1.24 bits per heavy atom. The average Bonchev–Trinajstić information content (AvgIpc) is 2.44. The Bertz CT molecular complexity index is 602. The van der Waals surface area contributed by atoms with Crippen LogP contribution in [0.1, 0.15) is 31.1 Å². The normalized spacial score (nSPS) is 11.1. The Labute approximate surface area is 135 Å². The van der Waals surface area contributed by atoms with Crippen LogP contribution in [-0.4, -0.2) is 16.0 Å². The molecule has 112 valence electrons. The Balaban J connectivity index is 2.04. The lowest BCUT2D eigenvalue weighted by Crippen LogP contribution is -2.22. The summed E-state index contributed by atoms with van der Waals surface area (Å²) in [6.45, 7) is 7.03. The van der Waals surface area contributed by atoms with Gasteiger partial charge in [0.1, 0.15) is 5.82 Å². The third kappa shape index (κ3) is 5.30. The second-order valence-electron chi connectivity index (χ2n) is 5.17. The molecule has 0 atom stereocenters. The van der Waals surface area contributed by atoms with E-state index in [1.54, 1.807) is 11.8 Å². The monoisotopic (exact) mass is 321 g/mol. The fourth-order valence-electron chi connectivity index (χ4n) is 1.87. The van der Waals surface area contributed by atoms with Crippen LogP contribution < -0.4 is 5.32 Å². The largest absolute Gasteiger partial charge is 0.309 e. The molecule has 0 saturated carbocycles. The van der Waals surface area contributed by atoms with Crippen molar-refractivity contribution < 1.29 is 0 Å². The molecule has 3 nitrogen and oxygen atoms in total. The summed E-state index contributed by atoms with van der Waals surface area (Å²) in [5, 5.41) is 4.16. The predicted molar refractivity (Wildman–Crippen MR) is 89.8 cm³/mol. The quantitative estimate of drug-likeness (QED) is 0.808. The van der Waals surface area contributed by atoms with Crippen LogP contribution in [-0.2, 0) is 12.3 Å². The molecule has 2 aromatic rings. The summed E-state index contributed by atoms with van der Waals surface area (Å²) in [5.74, 6) is 1.57. The second kappa shape index (κ2) is 7.78. The first-order chi connectivity index (χ1) is 10.0. The fraction of sp³-hybridized carbons (Fsp3) is 0.375. The Hall–Kier alpha value is -1.10. The van der Waals surface area contributed by atoms with Crippen LogP contribution in [0.15, 0.2) is 35.2 Å². The molecule has 0 amide bonds. The van der Waals surface area contributed by atoms with Gasteiger partial charge in [0.15, 0.2) is 0 Å². The van der Waals surface area contributed by atoms with Gasteiger partial charge in [-0.3, -0.25) is 0 Å². The minimum atomic E-state index is 0.446. The van der Waals surface area contributed by atoms with Crippen LogP contribution in [0.5, 0.6) is 0 Å². The molecule has 1 heterocycles. The van der Waals surface area contributed by atoms with Gasteiger partial charge >= 0.3 is 0 Å². The first-order valence-electron chi connectivity index (χ1n) is 6.98. The molecule has 0 radical (unpaired) electrons. The van der Waals surface area contributed by atoms with Gasteiger partial charge in [-0.25, -0.2) is 9.97 Å². The SMILES string of the molecule is Cc1cc(CNC(C)C)nc(CSc2ccccc2Cl)n1. The number of aryl methyl sites for hydroxylation is 1. The van der Waals surface area contributed by atoms with E-state index in [0.29, 0.717) is 6.04 Å². The molecular formula is C16H20ClN3S. The Morgan fingerprint density at radius 2 is 2.00 bits per heavy atom. The van der Waals surface area contributed by atoms with E-state index >= 15 is 0 Å². The topological polar surface area (TPSA) is 37.8 Å². The van der Waals surface area contributed by atoms with Crippen molar-refractivity contribution in [3.8, 4) is 0 Å². The van der Waals surface area contributed by atoms with Gasteiger partial charge in [0, 0.05) is 23.2 Å². The van der Waals surface area contributed by atoms with Crippen LogP contribution in [0.25, 0.3) is 0 Å². The van der Waals surface area contributed by atoms with E-state index in [-0.39, 0.29) is 0 Å². The molecule has 0 unspecified atom stereocenters. The number of rotatable bonds is 6. The molecule has 0 aliphatic carbocycles. The maximum absolute atomic E-state index is 6.17. The van der Waals surface area contributed by atoms with Gasteiger partial charge in [0.2, 0.25) is 0 Å². The number of nitrogens with one attached hydrogen (secondary N) is 1. The van der Waals surface area contributed by atoms with Crippen molar-refractivity contribution in [3.63, 3.8) is 0 Å². The molecule has 0 saturated heterocycles. The van der Waals surface area contributed by atoms with Gasteiger partial charge in [-0.1, -0.05) is 37.6 Å². The second-order valence-corrected chi connectivity index (χ2v) is 6.60. The Kier molecular flexibility index (Phi) is 6.03. The van der Waals surface area contributed by atoms with Crippen molar-refractivity contribution in [2.24, 2.45) is 0 Å². The van der Waals surface area contributed by atoms with E-state index in [0.717, 1.165) is 39.4 Å². The third-order valence-electron chi connectivity index (χ3n) is 2.84. The number of aromatic nitrogens is 2. The summed E-state index contributed by atoms with van der Waals surface area (Å²) < 4.78 is 0. The molecule has 0 spiro atoms. The van der Waals surface area contributed by atoms with Crippen molar-refractivity contribution in [1.82, 2.24) is 15.3 Å². The summed E-state index contributed by atoms with van der Waals surface area (Å²) in [6, 6.07) is 10.3. The van der Waals surface area contributed by atoms with Gasteiger partial charge in [-0.05, 0) is 25.1 Å². The van der Waals surface area contributed by atoms with Crippen molar-refractivity contribution in [3.05, 3.63) is 52.6 Å². The minimum absolute atomic E-state index is 0.446. The van der Waals surface area contributed by atoms with Gasteiger partial charge < -0.3 is 5.32 Å². The predicted octanol–water partition coefficient (Wildman–Crippen LogP) is 4.23. The van der Waals surface area contributed by atoms with Crippen molar-refractivity contribution >= 4 is 23.4 Å². The number of hydrogen-bond donors (Lipinski definition) is 1. The van der Waals surface area contributed by atoms with E-state index in [4.69, 9.17) is 11.6 Å². The summed E-state index contributed by atoms with van der Waals surface area (Å²) in [6.07, 6.45) is 0. The lowest BCUT2D eigenvalue weighted by atomic mass is 10.3. The van der Waals surface area contributed by atoms with E-state index < -0.39 is 0 Å². The molecule has 0 bridgehead atoms. The zero-order valence-corrected chi connectivity index (χ0v) is 14.1. The standard InChI is InChI=1S/C16H20ClN3S/c1-11(2)18-9-13-8-12(3)19-16(20-13)10-21-15-7-5-4-6-14(15)17/h4-8,11,18H,9-10H2,1-3H3. The van der Waals surface area contributed by atoms with Gasteiger partial charge in [0.05, 0.1) is 16.5 Å². The van der Waals surface area contributed by atoms with E-state index in [1.807, 2.05) is 37.3 Å². The number of nitrogens with zero attached hydrogens (tertiary/aromatic N) is 2. The van der Waals surface area contributed by atoms with Gasteiger partial charge in [-0.2, -0.15) is 0 Å². The number of benzene rings is 1. The Morgan fingerprint density at radius 3 is 2.71 bits per heavy atom. The zero-order valence-electron chi connectivity index (χ0n) is 12.6. The van der Waals surface area contributed by atoms with Crippen LogP contribution in [0.2, 0.25) is 5.02 Å². The van der Waals surface area contributed by atoms with Crippen molar-refractivity contribution in [2.45, 2.75) is 44.0 Å². The molecule has 0 aliphatic heterocycles. The molecule has 1 aromatic carbocycles. The van der Waals surface area contributed by atoms with Gasteiger partial charge in [0.25, 0.3) is 0 Å². The maximum Gasteiger partial charge on any atom is 0.139 e. The molecule has 0 aliphatic rings. The molecule has 2 rings (SSSR count). The number of halogens is 1. The fourth-order valence-corrected chi connectivity index (χ4v) is 2.96. The lowest BCUT2D eigenvalue weighted by Gasteiger charge is -2.10. The zero-order chi connectivity index (χ0) is 15.2. The molecule has 1 N–H and O–H groups in total. The first-order valence-corrected chi connectivity index (χ1v) is 8.35. The van der Waals surface area contributed by atoms with Crippen LogP contribution >= 0.6 is 23.4 Å². The molecule has 0 fully saturated rings. The highest BCUT2D eigenvalue weighted by Gasteiger charge is 2.06. The van der Waals surface area contributed by atoms with E-state index in [2.05, 4.69) is 29.1 Å². The number of thioether (sulfide) groups is 1. The summed E-state index contributed by atoms with van der Waals surface area (Å²) in [5.41, 5.74) is 2.03. The summed E-state index contributed by atoms with van der Waals surface area (Å²) in [7, 11) is 0. The molecule has 21 heavy (non-hydrogen) atoms. The highest BCUT2D eigenvalue weighted by molar-refractivity contribution is 7.98.